The molecule has 4 nitrogen and oxygen atoms in total. The molecule has 0 aromatic heterocycles. The molecule has 1 unspecified atom stereocenters. The van der Waals surface area contributed by atoms with Crippen LogP contribution in [-0.2, 0) is 20.7 Å². The standard InChI is InChI=1S/C16H25BrO4S/c1-12-10-14(11-13(2)16(12)20-3)8-6-5-7-9-15(17)21-22(4,18)19/h10-11,15H,5-9H2,1-4H3. The highest BCUT2D eigenvalue weighted by molar-refractivity contribution is 9.09. The van der Waals surface area contributed by atoms with E-state index in [-0.39, 0.29) is 0 Å². The third-order valence-corrected chi connectivity index (χ3v) is 4.87. The van der Waals surface area contributed by atoms with Crippen molar-refractivity contribution in [2.45, 2.75) is 51.0 Å². The van der Waals surface area contributed by atoms with Crippen molar-refractivity contribution >= 4 is 26.0 Å². The second-order valence-corrected chi connectivity index (χ2v) is 8.19. The van der Waals surface area contributed by atoms with E-state index in [1.54, 1.807) is 7.11 Å². The zero-order valence-corrected chi connectivity index (χ0v) is 16.1. The molecule has 0 aliphatic heterocycles. The molecule has 1 aromatic carbocycles. The number of unbranched alkanes of at least 4 members (excludes halogenated alkanes) is 2. The normalized spacial score (nSPS) is 13.1. The topological polar surface area (TPSA) is 52.6 Å². The first-order valence-corrected chi connectivity index (χ1v) is 10.1. The van der Waals surface area contributed by atoms with Crippen LogP contribution < -0.4 is 4.74 Å². The average molecular weight is 393 g/mol. The predicted octanol–water partition coefficient (Wildman–Crippen LogP) is 4.11. The van der Waals surface area contributed by atoms with Crippen LogP contribution in [0.5, 0.6) is 5.75 Å². The van der Waals surface area contributed by atoms with Gasteiger partial charge in [0.2, 0.25) is 0 Å². The van der Waals surface area contributed by atoms with E-state index in [2.05, 4.69) is 41.9 Å². The quantitative estimate of drug-likeness (QED) is 0.360. The molecule has 1 atom stereocenters. The van der Waals surface area contributed by atoms with Crippen LogP contribution in [0, 0.1) is 13.8 Å². The summed E-state index contributed by atoms with van der Waals surface area (Å²) >= 11 is 3.23. The highest BCUT2D eigenvalue weighted by atomic mass is 79.9. The van der Waals surface area contributed by atoms with Crippen molar-refractivity contribution in [1.29, 1.82) is 0 Å². The van der Waals surface area contributed by atoms with E-state index in [1.807, 2.05) is 0 Å². The molecule has 0 amide bonds. The summed E-state index contributed by atoms with van der Waals surface area (Å²) < 4.78 is 32.1. The first-order valence-electron chi connectivity index (χ1n) is 7.39. The van der Waals surface area contributed by atoms with Gasteiger partial charge in [-0.25, -0.2) is 0 Å². The van der Waals surface area contributed by atoms with Gasteiger partial charge in [0.25, 0.3) is 10.1 Å². The molecule has 0 saturated carbocycles. The van der Waals surface area contributed by atoms with Crippen LogP contribution in [0.1, 0.15) is 42.4 Å². The highest BCUT2D eigenvalue weighted by Crippen LogP contribution is 2.25. The molecule has 0 saturated heterocycles. The number of ether oxygens (including phenoxy) is 1. The van der Waals surface area contributed by atoms with Crippen molar-refractivity contribution in [3.05, 3.63) is 28.8 Å². The number of rotatable bonds is 9. The van der Waals surface area contributed by atoms with Gasteiger partial charge >= 0.3 is 0 Å². The summed E-state index contributed by atoms with van der Waals surface area (Å²) in [5.74, 6) is 0.962. The van der Waals surface area contributed by atoms with Crippen LogP contribution in [0.15, 0.2) is 12.1 Å². The minimum Gasteiger partial charge on any atom is -0.496 e. The maximum absolute atomic E-state index is 11.0. The zero-order valence-electron chi connectivity index (χ0n) is 13.7. The summed E-state index contributed by atoms with van der Waals surface area (Å²) in [5, 5.41) is -0.423. The molecule has 1 rings (SSSR count). The van der Waals surface area contributed by atoms with Gasteiger partial charge in [0.1, 0.15) is 10.8 Å². The maximum atomic E-state index is 11.0. The molecular formula is C16H25BrO4S. The van der Waals surface area contributed by atoms with Gasteiger partial charge < -0.3 is 4.74 Å². The summed E-state index contributed by atoms with van der Waals surface area (Å²) in [5.41, 5.74) is 3.65. The Bertz CT molecular complexity index is 561. The van der Waals surface area contributed by atoms with Gasteiger partial charge in [0.05, 0.1) is 13.4 Å². The van der Waals surface area contributed by atoms with Crippen LogP contribution in [0.25, 0.3) is 0 Å². The molecule has 0 fully saturated rings. The number of alkyl halides is 1. The van der Waals surface area contributed by atoms with E-state index in [4.69, 9.17) is 8.92 Å². The summed E-state index contributed by atoms with van der Waals surface area (Å²) in [6.07, 6.45) is 5.82. The van der Waals surface area contributed by atoms with Crippen molar-refractivity contribution in [2.24, 2.45) is 0 Å². The summed E-state index contributed by atoms with van der Waals surface area (Å²) in [7, 11) is -1.69. The monoisotopic (exact) mass is 392 g/mol. The van der Waals surface area contributed by atoms with Gasteiger partial charge in [-0.2, -0.15) is 8.42 Å². The molecule has 22 heavy (non-hydrogen) atoms. The average Bonchev–Trinajstić information content (AvgIpc) is 2.35. The van der Waals surface area contributed by atoms with Crippen LogP contribution in [0.2, 0.25) is 0 Å². The summed E-state index contributed by atoms with van der Waals surface area (Å²) in [4.78, 5) is 0. The molecule has 0 radical (unpaired) electrons. The Morgan fingerprint density at radius 1 is 1.14 bits per heavy atom. The smallest absolute Gasteiger partial charge is 0.265 e. The Kier molecular flexibility index (Phi) is 7.86. The van der Waals surface area contributed by atoms with Gasteiger partial charge in [0, 0.05) is 0 Å². The molecule has 0 aliphatic carbocycles. The molecule has 1 aromatic rings. The molecule has 0 heterocycles. The molecule has 6 heteroatoms. The number of aryl methyl sites for hydroxylation is 3. The van der Waals surface area contributed by atoms with Crippen LogP contribution in [0.4, 0.5) is 0 Å². The Labute approximate surface area is 142 Å². The fraction of sp³-hybridized carbons (Fsp3) is 0.625. The van der Waals surface area contributed by atoms with Crippen LogP contribution >= 0.6 is 15.9 Å². The molecular weight excluding hydrogens is 368 g/mol. The highest BCUT2D eigenvalue weighted by Gasteiger charge is 2.11. The van der Waals surface area contributed by atoms with E-state index in [9.17, 15) is 8.42 Å². The van der Waals surface area contributed by atoms with Gasteiger partial charge in [-0.1, -0.05) is 34.5 Å². The third kappa shape index (κ3) is 7.11. The van der Waals surface area contributed by atoms with E-state index in [0.717, 1.165) is 37.7 Å². The Morgan fingerprint density at radius 3 is 2.23 bits per heavy atom. The van der Waals surface area contributed by atoms with Gasteiger partial charge in [0.15, 0.2) is 0 Å². The molecule has 0 bridgehead atoms. The third-order valence-electron chi connectivity index (χ3n) is 3.40. The number of halogens is 1. The van der Waals surface area contributed by atoms with E-state index in [1.165, 1.54) is 16.7 Å². The van der Waals surface area contributed by atoms with Gasteiger partial charge in [-0.15, -0.1) is 0 Å². The lowest BCUT2D eigenvalue weighted by Crippen LogP contribution is -2.11. The summed E-state index contributed by atoms with van der Waals surface area (Å²) in [6.45, 7) is 4.13. The SMILES string of the molecule is COc1c(C)cc(CCCCCC(Br)OS(C)(=O)=O)cc1C. The molecule has 0 aliphatic rings. The molecule has 0 N–H and O–H groups in total. The lowest BCUT2D eigenvalue weighted by Gasteiger charge is -2.12. The Hall–Kier alpha value is -0.590. The molecule has 126 valence electrons. The lowest BCUT2D eigenvalue weighted by molar-refractivity contribution is 0.285. The number of hydrogen-bond acceptors (Lipinski definition) is 4. The first kappa shape index (κ1) is 19.5. The first-order chi connectivity index (χ1) is 10.2. The maximum Gasteiger partial charge on any atom is 0.265 e. The Balaban J connectivity index is 2.34. The van der Waals surface area contributed by atoms with E-state index in [0.29, 0.717) is 6.42 Å². The Morgan fingerprint density at radius 2 is 1.73 bits per heavy atom. The number of hydrogen-bond donors (Lipinski definition) is 0. The second kappa shape index (κ2) is 8.89. The van der Waals surface area contributed by atoms with Crippen molar-refractivity contribution < 1.29 is 17.3 Å². The lowest BCUT2D eigenvalue weighted by atomic mass is 10.0. The molecule has 0 spiro atoms. The van der Waals surface area contributed by atoms with Crippen LogP contribution in [0.3, 0.4) is 0 Å². The minimum absolute atomic E-state index is 0.423. The van der Waals surface area contributed by atoms with Crippen molar-refractivity contribution in [3.8, 4) is 5.75 Å². The summed E-state index contributed by atoms with van der Waals surface area (Å²) in [6, 6.07) is 4.35. The van der Waals surface area contributed by atoms with Gasteiger partial charge in [-0.3, -0.25) is 4.18 Å². The fourth-order valence-electron chi connectivity index (χ4n) is 2.55. The minimum atomic E-state index is -3.38. The van der Waals surface area contributed by atoms with E-state index >= 15 is 0 Å². The van der Waals surface area contributed by atoms with Crippen molar-refractivity contribution in [3.63, 3.8) is 0 Å². The second-order valence-electron chi connectivity index (χ2n) is 5.57. The van der Waals surface area contributed by atoms with Crippen molar-refractivity contribution in [1.82, 2.24) is 0 Å². The largest absolute Gasteiger partial charge is 0.496 e. The number of benzene rings is 1. The fourth-order valence-corrected chi connectivity index (χ4v) is 4.19. The zero-order chi connectivity index (χ0) is 16.8. The van der Waals surface area contributed by atoms with Crippen molar-refractivity contribution in [2.75, 3.05) is 13.4 Å². The van der Waals surface area contributed by atoms with Gasteiger partial charge in [-0.05, 0) is 56.2 Å². The van der Waals surface area contributed by atoms with Crippen LogP contribution in [-0.4, -0.2) is 26.8 Å². The van der Waals surface area contributed by atoms with E-state index < -0.39 is 15.1 Å². The number of methoxy groups -OCH3 is 1. The predicted molar refractivity (Wildman–Crippen MR) is 93.3 cm³/mol.